The van der Waals surface area contributed by atoms with Crippen LogP contribution < -0.4 is 0 Å². The van der Waals surface area contributed by atoms with E-state index in [2.05, 4.69) is 0 Å². The van der Waals surface area contributed by atoms with Gasteiger partial charge >= 0.3 is 12.1 Å². The van der Waals surface area contributed by atoms with Crippen molar-refractivity contribution in [2.24, 2.45) is 5.41 Å². The third kappa shape index (κ3) is 6.14. The van der Waals surface area contributed by atoms with Crippen molar-refractivity contribution in [1.29, 1.82) is 0 Å². The number of ether oxygens (including phenoxy) is 1. The molecule has 1 N–H and O–H groups in total. The van der Waals surface area contributed by atoms with Gasteiger partial charge in [-0.1, -0.05) is 0 Å². The molecule has 0 rings (SSSR count). The van der Waals surface area contributed by atoms with Gasteiger partial charge < -0.3 is 14.7 Å². The Morgan fingerprint density at radius 3 is 2.00 bits per heavy atom. The highest BCUT2D eigenvalue weighted by Gasteiger charge is 2.28. The molecule has 1 amide bonds. The van der Waals surface area contributed by atoms with Crippen molar-refractivity contribution in [2.75, 3.05) is 13.6 Å². The van der Waals surface area contributed by atoms with Gasteiger partial charge in [0.2, 0.25) is 0 Å². The summed E-state index contributed by atoms with van der Waals surface area (Å²) in [5.74, 6) is -0.866. The highest BCUT2D eigenvalue weighted by atomic mass is 16.6. The normalized spacial score (nSPS) is 12.1. The van der Waals surface area contributed by atoms with E-state index in [4.69, 9.17) is 9.84 Å². The Bertz CT molecular complexity index is 291. The van der Waals surface area contributed by atoms with Crippen LogP contribution >= 0.6 is 0 Å². The molecule has 0 saturated heterocycles. The van der Waals surface area contributed by atoms with Crippen molar-refractivity contribution in [3.05, 3.63) is 0 Å². The minimum absolute atomic E-state index is 0.355. The Kier molecular flexibility index (Phi) is 4.98. The van der Waals surface area contributed by atoms with Gasteiger partial charge in [0.05, 0.1) is 5.41 Å². The molecule has 0 aromatic heterocycles. The molecule has 0 saturated carbocycles. The fourth-order valence-electron chi connectivity index (χ4n) is 0.985. The first-order chi connectivity index (χ1) is 7.46. The molecule has 5 nitrogen and oxygen atoms in total. The molecule has 0 unspecified atom stereocenters. The summed E-state index contributed by atoms with van der Waals surface area (Å²) in [5, 5.41) is 8.94. The second kappa shape index (κ2) is 5.38. The second-order valence-corrected chi connectivity index (χ2v) is 5.84. The number of aliphatic carboxylic acids is 1. The molecule has 100 valence electrons. The van der Waals surface area contributed by atoms with Crippen LogP contribution in [0.15, 0.2) is 0 Å². The quantitative estimate of drug-likeness (QED) is 0.825. The first-order valence-corrected chi connectivity index (χ1v) is 5.63. The van der Waals surface area contributed by atoms with Gasteiger partial charge in [0, 0.05) is 13.6 Å². The van der Waals surface area contributed by atoms with E-state index in [9.17, 15) is 9.59 Å². The Morgan fingerprint density at radius 2 is 1.65 bits per heavy atom. The zero-order valence-electron chi connectivity index (χ0n) is 11.5. The average Bonchev–Trinajstić information content (AvgIpc) is 2.11. The third-order valence-corrected chi connectivity index (χ3v) is 2.36. The number of nitrogens with zero attached hydrogens (tertiary/aromatic N) is 1. The molecule has 0 atom stereocenters. The molecule has 5 heteroatoms. The van der Waals surface area contributed by atoms with Crippen molar-refractivity contribution in [2.45, 2.75) is 46.6 Å². The van der Waals surface area contributed by atoms with Crippen LogP contribution in [0.25, 0.3) is 0 Å². The van der Waals surface area contributed by atoms with E-state index < -0.39 is 23.1 Å². The summed E-state index contributed by atoms with van der Waals surface area (Å²) in [6.07, 6.45) is -0.0448. The molecule has 0 heterocycles. The van der Waals surface area contributed by atoms with Crippen LogP contribution in [0.4, 0.5) is 4.79 Å². The minimum Gasteiger partial charge on any atom is -0.481 e. The first kappa shape index (κ1) is 15.7. The number of carboxylic acids is 1. The van der Waals surface area contributed by atoms with E-state index in [0.717, 1.165) is 0 Å². The van der Waals surface area contributed by atoms with Gasteiger partial charge in [-0.2, -0.15) is 0 Å². The fourth-order valence-corrected chi connectivity index (χ4v) is 0.985. The lowest BCUT2D eigenvalue weighted by Gasteiger charge is -2.27. The number of hydrogen-bond donors (Lipinski definition) is 1. The van der Waals surface area contributed by atoms with E-state index in [1.54, 1.807) is 41.7 Å². The van der Waals surface area contributed by atoms with Crippen LogP contribution in [0.5, 0.6) is 0 Å². The van der Waals surface area contributed by atoms with Crippen LogP contribution in [0.2, 0.25) is 0 Å². The Labute approximate surface area is 103 Å². The Hall–Kier alpha value is -1.26. The van der Waals surface area contributed by atoms with E-state index in [1.807, 2.05) is 0 Å². The summed E-state index contributed by atoms with van der Waals surface area (Å²) < 4.78 is 5.16. The molecule has 0 aliphatic carbocycles. The smallest absolute Gasteiger partial charge is 0.410 e. The van der Waals surface area contributed by atoms with Gasteiger partial charge in [-0.3, -0.25) is 4.79 Å². The third-order valence-electron chi connectivity index (χ3n) is 2.36. The molecule has 0 aliphatic heterocycles. The van der Waals surface area contributed by atoms with Crippen LogP contribution in [0.1, 0.15) is 41.0 Å². The number of carbonyl (C=O) groups excluding carboxylic acids is 1. The number of hydrogen-bond acceptors (Lipinski definition) is 3. The lowest BCUT2D eigenvalue weighted by atomic mass is 9.89. The van der Waals surface area contributed by atoms with Gasteiger partial charge in [-0.15, -0.1) is 0 Å². The molecule has 0 fully saturated rings. The zero-order valence-corrected chi connectivity index (χ0v) is 11.5. The summed E-state index contributed by atoms with van der Waals surface area (Å²) >= 11 is 0. The van der Waals surface area contributed by atoms with Gasteiger partial charge in [0.15, 0.2) is 0 Å². The summed E-state index contributed by atoms with van der Waals surface area (Å²) in [5.41, 5.74) is -1.37. The van der Waals surface area contributed by atoms with E-state index in [0.29, 0.717) is 13.0 Å². The van der Waals surface area contributed by atoms with Crippen LogP contribution in [0.3, 0.4) is 0 Å². The SMILES string of the molecule is CN(CCC(C)(C)C(=O)O)C(=O)OC(C)(C)C. The zero-order chi connectivity index (χ0) is 13.9. The summed E-state index contributed by atoms with van der Waals surface area (Å²) in [6.45, 7) is 9.00. The number of carboxylic acid groups (broad SMARTS) is 1. The maximum Gasteiger partial charge on any atom is 0.410 e. The molecule has 0 aromatic carbocycles. The van der Waals surface area contributed by atoms with Gasteiger partial charge in [0.1, 0.15) is 5.60 Å². The monoisotopic (exact) mass is 245 g/mol. The van der Waals surface area contributed by atoms with Gasteiger partial charge in [0.25, 0.3) is 0 Å². The first-order valence-electron chi connectivity index (χ1n) is 5.63. The molecule has 17 heavy (non-hydrogen) atoms. The van der Waals surface area contributed by atoms with Crippen molar-refractivity contribution in [3.63, 3.8) is 0 Å². The van der Waals surface area contributed by atoms with E-state index in [1.165, 1.54) is 4.90 Å². The maximum absolute atomic E-state index is 11.6. The number of rotatable bonds is 4. The molecular formula is C12H23NO4. The van der Waals surface area contributed by atoms with Crippen molar-refractivity contribution in [3.8, 4) is 0 Å². The molecule has 0 aliphatic rings. The second-order valence-electron chi connectivity index (χ2n) is 5.84. The molecule has 0 spiro atoms. The summed E-state index contributed by atoms with van der Waals surface area (Å²) in [7, 11) is 1.60. The average molecular weight is 245 g/mol. The predicted octanol–water partition coefficient (Wildman–Crippen LogP) is 2.35. The summed E-state index contributed by atoms with van der Waals surface area (Å²) in [6, 6.07) is 0. The van der Waals surface area contributed by atoms with E-state index in [-0.39, 0.29) is 0 Å². The predicted molar refractivity (Wildman–Crippen MR) is 64.9 cm³/mol. The van der Waals surface area contributed by atoms with Gasteiger partial charge in [-0.05, 0) is 41.0 Å². The Morgan fingerprint density at radius 1 is 1.18 bits per heavy atom. The highest BCUT2D eigenvalue weighted by Crippen LogP contribution is 2.21. The van der Waals surface area contributed by atoms with Crippen molar-refractivity contribution in [1.82, 2.24) is 4.90 Å². The van der Waals surface area contributed by atoms with Crippen molar-refractivity contribution >= 4 is 12.1 Å². The van der Waals surface area contributed by atoms with Crippen LogP contribution in [0, 0.1) is 5.41 Å². The summed E-state index contributed by atoms with van der Waals surface area (Å²) in [4.78, 5) is 23.9. The standard InChI is InChI=1S/C12H23NO4/c1-11(2,3)17-10(16)13(6)8-7-12(4,5)9(14)15/h7-8H2,1-6H3,(H,14,15). The molecule has 0 aromatic rings. The number of amides is 1. The maximum atomic E-state index is 11.6. The molecular weight excluding hydrogens is 222 g/mol. The highest BCUT2D eigenvalue weighted by molar-refractivity contribution is 5.73. The minimum atomic E-state index is -0.866. The lowest BCUT2D eigenvalue weighted by Crippen LogP contribution is -2.37. The van der Waals surface area contributed by atoms with Crippen LogP contribution in [-0.4, -0.2) is 41.3 Å². The lowest BCUT2D eigenvalue weighted by molar-refractivity contribution is -0.147. The largest absolute Gasteiger partial charge is 0.481 e. The fraction of sp³-hybridized carbons (Fsp3) is 0.833. The number of carbonyl (C=O) groups is 2. The Balaban J connectivity index is 4.24. The topological polar surface area (TPSA) is 66.8 Å². The van der Waals surface area contributed by atoms with Crippen LogP contribution in [-0.2, 0) is 9.53 Å². The van der Waals surface area contributed by atoms with Gasteiger partial charge in [-0.25, -0.2) is 4.79 Å². The van der Waals surface area contributed by atoms with E-state index >= 15 is 0 Å². The molecule has 0 radical (unpaired) electrons. The molecule has 0 bridgehead atoms. The van der Waals surface area contributed by atoms with Crippen molar-refractivity contribution < 1.29 is 19.4 Å².